The van der Waals surface area contributed by atoms with E-state index in [1.54, 1.807) is 24.3 Å². The first kappa shape index (κ1) is 11.9. The molecule has 4 heteroatoms. The Morgan fingerprint density at radius 1 is 1.13 bits per heavy atom. The van der Waals surface area contributed by atoms with Gasteiger partial charge in [-0.15, -0.1) is 0 Å². The Morgan fingerprint density at radius 3 is 2.20 bits per heavy atom. The highest BCUT2D eigenvalue weighted by molar-refractivity contribution is 5.27. The summed E-state index contributed by atoms with van der Waals surface area (Å²) in [7, 11) is 0. The summed E-state index contributed by atoms with van der Waals surface area (Å²) in [5, 5.41) is 0. The van der Waals surface area contributed by atoms with Crippen molar-refractivity contribution in [3.63, 3.8) is 0 Å². The zero-order chi connectivity index (χ0) is 11.3. The average Bonchev–Trinajstić information content (AvgIpc) is 2.16. The molecule has 0 heterocycles. The van der Waals surface area contributed by atoms with E-state index in [9.17, 15) is 13.2 Å². The van der Waals surface area contributed by atoms with E-state index >= 15 is 0 Å². The molecule has 0 bridgehead atoms. The van der Waals surface area contributed by atoms with Crippen LogP contribution in [0.3, 0.4) is 0 Å². The zero-order valence-electron chi connectivity index (χ0n) is 8.47. The van der Waals surface area contributed by atoms with Crippen LogP contribution in [0.4, 0.5) is 13.2 Å². The molecule has 0 N–H and O–H groups in total. The van der Waals surface area contributed by atoms with Crippen molar-refractivity contribution in [2.45, 2.75) is 25.9 Å². The predicted molar refractivity (Wildman–Crippen MR) is 52.0 cm³/mol. The van der Waals surface area contributed by atoms with Crippen molar-refractivity contribution in [3.8, 4) is 5.75 Å². The standard InChI is InChI=1S/C11H13F3O/c1-2-3-9-4-6-10(7-5-9)15-8-11(12,13)14/h4-7H,2-3,8H2,1H3. The van der Waals surface area contributed by atoms with Gasteiger partial charge in [0.2, 0.25) is 0 Å². The number of hydrogen-bond acceptors (Lipinski definition) is 1. The molecule has 0 aliphatic carbocycles. The number of benzene rings is 1. The summed E-state index contributed by atoms with van der Waals surface area (Å²) in [5.41, 5.74) is 1.11. The quantitative estimate of drug-likeness (QED) is 0.750. The number of alkyl halides is 3. The van der Waals surface area contributed by atoms with Crippen LogP contribution in [0.5, 0.6) is 5.75 Å². The van der Waals surface area contributed by atoms with Gasteiger partial charge in [0.1, 0.15) is 5.75 Å². The maximum Gasteiger partial charge on any atom is 0.422 e. The van der Waals surface area contributed by atoms with Crippen LogP contribution >= 0.6 is 0 Å². The molecule has 0 atom stereocenters. The largest absolute Gasteiger partial charge is 0.484 e. The minimum Gasteiger partial charge on any atom is -0.484 e. The van der Waals surface area contributed by atoms with Crippen LogP contribution in [0.2, 0.25) is 0 Å². The third-order valence-corrected chi connectivity index (χ3v) is 1.86. The van der Waals surface area contributed by atoms with E-state index in [-0.39, 0.29) is 5.75 Å². The van der Waals surface area contributed by atoms with Gasteiger partial charge in [0.15, 0.2) is 6.61 Å². The van der Waals surface area contributed by atoms with E-state index in [2.05, 4.69) is 4.74 Å². The summed E-state index contributed by atoms with van der Waals surface area (Å²) in [4.78, 5) is 0. The van der Waals surface area contributed by atoms with Crippen molar-refractivity contribution in [3.05, 3.63) is 29.8 Å². The lowest BCUT2D eigenvalue weighted by molar-refractivity contribution is -0.153. The monoisotopic (exact) mass is 218 g/mol. The summed E-state index contributed by atoms with van der Waals surface area (Å²) < 4.78 is 40.0. The zero-order valence-corrected chi connectivity index (χ0v) is 8.47. The van der Waals surface area contributed by atoms with Gasteiger partial charge in [-0.3, -0.25) is 0 Å². The van der Waals surface area contributed by atoms with E-state index in [4.69, 9.17) is 0 Å². The summed E-state index contributed by atoms with van der Waals surface area (Å²) in [6, 6.07) is 6.71. The first-order valence-corrected chi connectivity index (χ1v) is 4.80. The number of halogens is 3. The highest BCUT2D eigenvalue weighted by atomic mass is 19.4. The van der Waals surface area contributed by atoms with E-state index in [0.29, 0.717) is 0 Å². The van der Waals surface area contributed by atoms with Gasteiger partial charge in [-0.25, -0.2) is 0 Å². The fourth-order valence-electron chi connectivity index (χ4n) is 1.21. The molecular formula is C11H13F3O. The van der Waals surface area contributed by atoms with Gasteiger partial charge in [0.25, 0.3) is 0 Å². The Bertz CT molecular complexity index is 290. The molecule has 0 fully saturated rings. The molecule has 0 aliphatic heterocycles. The van der Waals surface area contributed by atoms with Gasteiger partial charge in [0.05, 0.1) is 0 Å². The molecule has 1 nitrogen and oxygen atoms in total. The molecule has 0 radical (unpaired) electrons. The predicted octanol–water partition coefficient (Wildman–Crippen LogP) is 3.58. The Balaban J connectivity index is 2.50. The van der Waals surface area contributed by atoms with Crippen LogP contribution in [0.15, 0.2) is 24.3 Å². The van der Waals surface area contributed by atoms with E-state index in [0.717, 1.165) is 18.4 Å². The first-order chi connectivity index (χ1) is 7.01. The molecule has 84 valence electrons. The molecule has 1 aromatic rings. The van der Waals surface area contributed by atoms with Crippen molar-refractivity contribution < 1.29 is 17.9 Å². The third kappa shape index (κ3) is 4.72. The summed E-state index contributed by atoms with van der Waals surface area (Å²) >= 11 is 0. The molecule has 0 amide bonds. The van der Waals surface area contributed by atoms with Gasteiger partial charge in [-0.2, -0.15) is 13.2 Å². The van der Waals surface area contributed by atoms with Crippen molar-refractivity contribution in [1.82, 2.24) is 0 Å². The van der Waals surface area contributed by atoms with Gasteiger partial charge in [0, 0.05) is 0 Å². The molecule has 0 saturated heterocycles. The maximum atomic E-state index is 11.8. The Hall–Kier alpha value is -1.19. The van der Waals surface area contributed by atoms with Gasteiger partial charge >= 0.3 is 6.18 Å². The molecule has 15 heavy (non-hydrogen) atoms. The molecule has 0 aliphatic rings. The molecule has 0 saturated carbocycles. The van der Waals surface area contributed by atoms with Crippen molar-refractivity contribution in [2.75, 3.05) is 6.61 Å². The van der Waals surface area contributed by atoms with E-state index < -0.39 is 12.8 Å². The second kappa shape index (κ2) is 5.05. The van der Waals surface area contributed by atoms with E-state index in [1.165, 1.54) is 0 Å². The van der Waals surface area contributed by atoms with Gasteiger partial charge in [-0.05, 0) is 24.1 Å². The molecular weight excluding hydrogens is 205 g/mol. The molecule has 0 aromatic heterocycles. The second-order valence-corrected chi connectivity index (χ2v) is 3.30. The Morgan fingerprint density at radius 2 is 1.73 bits per heavy atom. The SMILES string of the molecule is CCCc1ccc(OCC(F)(F)F)cc1. The maximum absolute atomic E-state index is 11.8. The van der Waals surface area contributed by atoms with Crippen molar-refractivity contribution in [2.24, 2.45) is 0 Å². The van der Waals surface area contributed by atoms with Crippen molar-refractivity contribution in [1.29, 1.82) is 0 Å². The topological polar surface area (TPSA) is 9.23 Å². The van der Waals surface area contributed by atoms with Crippen LogP contribution in [-0.4, -0.2) is 12.8 Å². The number of hydrogen-bond donors (Lipinski definition) is 0. The molecule has 1 rings (SSSR count). The molecule has 0 spiro atoms. The van der Waals surface area contributed by atoms with Crippen molar-refractivity contribution >= 4 is 0 Å². The lowest BCUT2D eigenvalue weighted by Gasteiger charge is -2.09. The minimum absolute atomic E-state index is 0.257. The fourth-order valence-corrected chi connectivity index (χ4v) is 1.21. The Labute approximate surface area is 86.9 Å². The van der Waals surface area contributed by atoms with Gasteiger partial charge < -0.3 is 4.74 Å². The molecule has 0 unspecified atom stereocenters. The third-order valence-electron chi connectivity index (χ3n) is 1.86. The van der Waals surface area contributed by atoms with Crippen LogP contribution in [0.25, 0.3) is 0 Å². The van der Waals surface area contributed by atoms with Crippen LogP contribution in [-0.2, 0) is 6.42 Å². The average molecular weight is 218 g/mol. The van der Waals surface area contributed by atoms with Crippen LogP contribution < -0.4 is 4.74 Å². The molecule has 1 aromatic carbocycles. The van der Waals surface area contributed by atoms with E-state index in [1.807, 2.05) is 6.92 Å². The number of ether oxygens (including phenoxy) is 1. The number of rotatable bonds is 4. The minimum atomic E-state index is -4.28. The summed E-state index contributed by atoms with van der Waals surface area (Å²) in [5.74, 6) is 0.257. The second-order valence-electron chi connectivity index (χ2n) is 3.30. The Kier molecular flexibility index (Phi) is 4.00. The number of aryl methyl sites for hydroxylation is 1. The first-order valence-electron chi connectivity index (χ1n) is 4.80. The van der Waals surface area contributed by atoms with Crippen LogP contribution in [0.1, 0.15) is 18.9 Å². The summed E-state index contributed by atoms with van der Waals surface area (Å²) in [6.07, 6.45) is -2.33. The lowest BCUT2D eigenvalue weighted by atomic mass is 10.1. The smallest absolute Gasteiger partial charge is 0.422 e. The summed E-state index contributed by atoms with van der Waals surface area (Å²) in [6.45, 7) is 0.814. The fraction of sp³-hybridized carbons (Fsp3) is 0.455. The highest BCUT2D eigenvalue weighted by Crippen LogP contribution is 2.19. The lowest BCUT2D eigenvalue weighted by Crippen LogP contribution is -2.19. The highest BCUT2D eigenvalue weighted by Gasteiger charge is 2.28. The van der Waals surface area contributed by atoms with Crippen LogP contribution in [0, 0.1) is 0 Å². The normalized spacial score (nSPS) is 11.5. The van der Waals surface area contributed by atoms with Gasteiger partial charge in [-0.1, -0.05) is 25.5 Å².